The van der Waals surface area contributed by atoms with Gasteiger partial charge in [-0.2, -0.15) is 5.10 Å². The van der Waals surface area contributed by atoms with Gasteiger partial charge in [0.2, 0.25) is 5.91 Å². The zero-order chi connectivity index (χ0) is 17.8. The Labute approximate surface area is 147 Å². The molecule has 0 radical (unpaired) electrons. The first-order valence-electron chi connectivity index (χ1n) is 8.46. The maximum Gasteiger partial charge on any atom is 0.322 e. The van der Waals surface area contributed by atoms with Crippen molar-refractivity contribution < 1.29 is 9.59 Å². The molecule has 7 nitrogen and oxygen atoms in total. The predicted octanol–water partition coefficient (Wildman–Crippen LogP) is 1.92. The van der Waals surface area contributed by atoms with Gasteiger partial charge < -0.3 is 15.5 Å². The number of nitrogens with one attached hydrogen (secondary N) is 2. The standard InChI is InChI=1S/C18H23N5O2/c1-13(2)16-17(24)19-9-11-23(16)18(25)21-15-6-4-14(5-7-15)12-22-10-3-8-20-22/h3-8,10,13,16H,9,11-12H2,1-2H3,(H,19,24)(H,21,25). The molecule has 132 valence electrons. The molecule has 1 atom stereocenters. The van der Waals surface area contributed by atoms with Crippen LogP contribution in [0.3, 0.4) is 0 Å². The third kappa shape index (κ3) is 3.99. The van der Waals surface area contributed by atoms with Crippen molar-refractivity contribution in [3.05, 3.63) is 48.3 Å². The number of piperazine rings is 1. The fraction of sp³-hybridized carbons (Fsp3) is 0.389. The van der Waals surface area contributed by atoms with Crippen LogP contribution in [0.25, 0.3) is 0 Å². The third-order valence-corrected chi connectivity index (χ3v) is 4.26. The normalized spacial score (nSPS) is 17.5. The number of nitrogens with zero attached hydrogens (tertiary/aromatic N) is 3. The Hall–Kier alpha value is -2.83. The van der Waals surface area contributed by atoms with Crippen molar-refractivity contribution in [2.24, 2.45) is 5.92 Å². The summed E-state index contributed by atoms with van der Waals surface area (Å²) in [7, 11) is 0. The minimum atomic E-state index is -0.437. The molecule has 3 amide bonds. The zero-order valence-electron chi connectivity index (χ0n) is 14.5. The largest absolute Gasteiger partial charge is 0.353 e. The van der Waals surface area contributed by atoms with Crippen molar-refractivity contribution in [3.63, 3.8) is 0 Å². The van der Waals surface area contributed by atoms with E-state index >= 15 is 0 Å². The summed E-state index contributed by atoms with van der Waals surface area (Å²) in [4.78, 5) is 26.3. The lowest BCUT2D eigenvalue weighted by molar-refractivity contribution is -0.129. The van der Waals surface area contributed by atoms with Crippen LogP contribution in [-0.2, 0) is 11.3 Å². The number of carbonyl (C=O) groups excluding carboxylic acids is 2. The van der Waals surface area contributed by atoms with Crippen molar-refractivity contribution in [1.29, 1.82) is 0 Å². The molecule has 0 bridgehead atoms. The Bertz CT molecular complexity index is 724. The Morgan fingerprint density at radius 1 is 1.36 bits per heavy atom. The van der Waals surface area contributed by atoms with Crippen LogP contribution < -0.4 is 10.6 Å². The van der Waals surface area contributed by atoms with Gasteiger partial charge in [-0.1, -0.05) is 26.0 Å². The fourth-order valence-corrected chi connectivity index (χ4v) is 3.05. The van der Waals surface area contributed by atoms with E-state index in [1.54, 1.807) is 11.1 Å². The molecule has 1 aromatic heterocycles. The molecule has 1 saturated heterocycles. The van der Waals surface area contributed by atoms with E-state index in [1.807, 2.05) is 55.1 Å². The summed E-state index contributed by atoms with van der Waals surface area (Å²) >= 11 is 0. The van der Waals surface area contributed by atoms with Crippen LogP contribution in [-0.4, -0.2) is 45.8 Å². The Morgan fingerprint density at radius 3 is 2.76 bits per heavy atom. The molecule has 0 saturated carbocycles. The molecule has 1 fully saturated rings. The van der Waals surface area contributed by atoms with Crippen molar-refractivity contribution in [3.8, 4) is 0 Å². The minimum absolute atomic E-state index is 0.0579. The molecule has 1 unspecified atom stereocenters. The van der Waals surface area contributed by atoms with Crippen LogP contribution in [0.5, 0.6) is 0 Å². The van der Waals surface area contributed by atoms with Crippen LogP contribution in [0.4, 0.5) is 10.5 Å². The van der Waals surface area contributed by atoms with E-state index < -0.39 is 6.04 Å². The zero-order valence-corrected chi connectivity index (χ0v) is 14.5. The quantitative estimate of drug-likeness (QED) is 0.892. The summed E-state index contributed by atoms with van der Waals surface area (Å²) in [5.74, 6) is -0.0338. The van der Waals surface area contributed by atoms with Crippen LogP contribution >= 0.6 is 0 Å². The number of rotatable bonds is 4. The number of hydrogen-bond donors (Lipinski definition) is 2. The van der Waals surface area contributed by atoms with Gasteiger partial charge in [0, 0.05) is 31.2 Å². The molecule has 2 aromatic rings. The highest BCUT2D eigenvalue weighted by Gasteiger charge is 2.35. The number of urea groups is 1. The summed E-state index contributed by atoms with van der Waals surface area (Å²) in [5, 5.41) is 9.89. The first-order valence-corrected chi connectivity index (χ1v) is 8.46. The van der Waals surface area contributed by atoms with E-state index in [2.05, 4.69) is 15.7 Å². The molecule has 1 aromatic carbocycles. The van der Waals surface area contributed by atoms with Gasteiger partial charge in [0.05, 0.1) is 6.54 Å². The van der Waals surface area contributed by atoms with Crippen LogP contribution in [0.1, 0.15) is 19.4 Å². The number of benzene rings is 1. The molecule has 1 aliphatic heterocycles. The summed E-state index contributed by atoms with van der Waals surface area (Å²) in [6.45, 7) is 5.57. The Balaban J connectivity index is 1.64. The van der Waals surface area contributed by atoms with Gasteiger partial charge in [0.1, 0.15) is 6.04 Å². The summed E-state index contributed by atoms with van der Waals surface area (Å²) in [6, 6.07) is 8.85. The van der Waals surface area contributed by atoms with Gasteiger partial charge in [-0.15, -0.1) is 0 Å². The van der Waals surface area contributed by atoms with Crippen molar-refractivity contribution in [2.45, 2.75) is 26.4 Å². The lowest BCUT2D eigenvalue weighted by Crippen LogP contribution is -2.60. The molecule has 2 heterocycles. The molecule has 0 spiro atoms. The van der Waals surface area contributed by atoms with Gasteiger partial charge in [-0.3, -0.25) is 9.48 Å². The van der Waals surface area contributed by atoms with Crippen molar-refractivity contribution in [2.75, 3.05) is 18.4 Å². The van der Waals surface area contributed by atoms with Crippen LogP contribution in [0, 0.1) is 5.92 Å². The maximum absolute atomic E-state index is 12.6. The first-order chi connectivity index (χ1) is 12.0. The first kappa shape index (κ1) is 17.0. The minimum Gasteiger partial charge on any atom is -0.353 e. The maximum atomic E-state index is 12.6. The summed E-state index contributed by atoms with van der Waals surface area (Å²) < 4.78 is 1.84. The summed E-state index contributed by atoms with van der Waals surface area (Å²) in [6.07, 6.45) is 3.65. The average molecular weight is 341 g/mol. The van der Waals surface area contributed by atoms with Crippen molar-refractivity contribution >= 4 is 17.6 Å². The van der Waals surface area contributed by atoms with Gasteiger partial charge in [-0.25, -0.2) is 4.79 Å². The van der Waals surface area contributed by atoms with E-state index in [9.17, 15) is 9.59 Å². The highest BCUT2D eigenvalue weighted by molar-refractivity contribution is 5.94. The van der Waals surface area contributed by atoms with E-state index in [-0.39, 0.29) is 17.9 Å². The van der Waals surface area contributed by atoms with Gasteiger partial charge in [0.15, 0.2) is 0 Å². The predicted molar refractivity (Wildman–Crippen MR) is 95.1 cm³/mol. The Morgan fingerprint density at radius 2 is 2.12 bits per heavy atom. The number of amides is 3. The lowest BCUT2D eigenvalue weighted by Gasteiger charge is -2.37. The average Bonchev–Trinajstić information content (AvgIpc) is 3.09. The summed E-state index contributed by atoms with van der Waals surface area (Å²) in [5.41, 5.74) is 1.81. The topological polar surface area (TPSA) is 79.3 Å². The number of anilines is 1. The SMILES string of the molecule is CC(C)C1C(=O)NCCN1C(=O)Nc1ccc(Cn2cccn2)cc1. The molecular weight excluding hydrogens is 318 g/mol. The molecule has 3 rings (SSSR count). The van der Waals surface area contributed by atoms with E-state index in [1.165, 1.54) is 0 Å². The molecule has 25 heavy (non-hydrogen) atoms. The molecule has 1 aliphatic rings. The van der Waals surface area contributed by atoms with Gasteiger partial charge in [0.25, 0.3) is 0 Å². The van der Waals surface area contributed by atoms with E-state index in [0.29, 0.717) is 25.3 Å². The third-order valence-electron chi connectivity index (χ3n) is 4.26. The molecular formula is C18H23N5O2. The van der Waals surface area contributed by atoms with Gasteiger partial charge >= 0.3 is 6.03 Å². The fourth-order valence-electron chi connectivity index (χ4n) is 3.05. The molecule has 0 aliphatic carbocycles. The van der Waals surface area contributed by atoms with Crippen LogP contribution in [0.2, 0.25) is 0 Å². The van der Waals surface area contributed by atoms with Crippen molar-refractivity contribution in [1.82, 2.24) is 20.0 Å². The van der Waals surface area contributed by atoms with Crippen LogP contribution in [0.15, 0.2) is 42.7 Å². The highest BCUT2D eigenvalue weighted by atomic mass is 16.2. The number of aromatic nitrogens is 2. The lowest BCUT2D eigenvalue weighted by atomic mass is 10.00. The monoisotopic (exact) mass is 341 g/mol. The molecule has 2 N–H and O–H groups in total. The van der Waals surface area contributed by atoms with Gasteiger partial charge in [-0.05, 0) is 29.7 Å². The smallest absolute Gasteiger partial charge is 0.322 e. The second-order valence-corrected chi connectivity index (χ2v) is 6.50. The van der Waals surface area contributed by atoms with E-state index in [4.69, 9.17) is 0 Å². The molecule has 7 heteroatoms. The second-order valence-electron chi connectivity index (χ2n) is 6.50. The Kier molecular flexibility index (Phi) is 5.02. The second kappa shape index (κ2) is 7.38. The number of hydrogen-bond acceptors (Lipinski definition) is 3. The number of carbonyl (C=O) groups is 2. The van der Waals surface area contributed by atoms with E-state index in [0.717, 1.165) is 5.56 Å². The highest BCUT2D eigenvalue weighted by Crippen LogP contribution is 2.17.